The summed E-state index contributed by atoms with van der Waals surface area (Å²) in [7, 11) is 1.30. The average molecular weight is 428 g/mol. The zero-order valence-corrected chi connectivity index (χ0v) is 17.2. The van der Waals surface area contributed by atoms with Crippen LogP contribution in [0.5, 0.6) is 0 Å². The van der Waals surface area contributed by atoms with E-state index < -0.39 is 17.6 Å². The number of pyridine rings is 1. The molecule has 3 rings (SSSR count). The number of aromatic nitrogens is 3. The van der Waals surface area contributed by atoms with Gasteiger partial charge in [0.05, 0.1) is 25.9 Å². The summed E-state index contributed by atoms with van der Waals surface area (Å²) < 4.78 is 12.3. The highest BCUT2D eigenvalue weighted by Gasteiger charge is 2.28. The van der Waals surface area contributed by atoms with Crippen LogP contribution in [-0.4, -0.2) is 45.7 Å². The van der Waals surface area contributed by atoms with Crippen LogP contribution in [0.2, 0.25) is 0 Å². The van der Waals surface area contributed by atoms with Crippen molar-refractivity contribution in [2.24, 2.45) is 5.73 Å². The number of esters is 1. The molecule has 0 unspecified atom stereocenters. The molecule has 0 bridgehead atoms. The number of nitrogens with zero attached hydrogens (tertiary/aromatic N) is 3. The Labute approximate surface area is 181 Å². The second-order valence-corrected chi connectivity index (χ2v) is 7.41. The van der Waals surface area contributed by atoms with Crippen molar-refractivity contribution < 1.29 is 19.1 Å². The van der Waals surface area contributed by atoms with Crippen molar-refractivity contribution in [2.45, 2.75) is 39.5 Å². The average Bonchev–Trinajstić information content (AvgIpc) is 3.16. The van der Waals surface area contributed by atoms with Gasteiger partial charge in [-0.1, -0.05) is 37.8 Å². The molecule has 1 atom stereocenters. The number of nitrogens with two attached hydrogens (primary N) is 1. The summed E-state index contributed by atoms with van der Waals surface area (Å²) in [6.45, 7) is 3.73. The van der Waals surface area contributed by atoms with Gasteiger partial charge < -0.3 is 20.5 Å². The molecule has 2 heterocycles. The molecule has 31 heavy (non-hydrogen) atoms. The van der Waals surface area contributed by atoms with Crippen molar-refractivity contribution in [1.82, 2.24) is 19.9 Å². The molecule has 0 saturated carbocycles. The van der Waals surface area contributed by atoms with E-state index in [9.17, 15) is 9.59 Å². The number of amides is 1. The molecule has 0 aliphatic rings. The SMILES string of the molecule is C.COC(=O)c1cccn2c([C@@H](COCc3ccccc3)NC(=O)C(C)(C)N)nnc12. The minimum atomic E-state index is -1.09. The zero-order valence-electron chi connectivity index (χ0n) is 17.2. The van der Waals surface area contributed by atoms with Crippen molar-refractivity contribution >= 4 is 17.5 Å². The summed E-state index contributed by atoms with van der Waals surface area (Å²) in [5.41, 5.74) is 6.45. The molecule has 1 aromatic carbocycles. The van der Waals surface area contributed by atoms with Gasteiger partial charge in [0.15, 0.2) is 11.5 Å². The maximum absolute atomic E-state index is 12.5. The van der Waals surface area contributed by atoms with Crippen LogP contribution in [0.15, 0.2) is 48.7 Å². The largest absolute Gasteiger partial charge is 0.465 e. The third-order valence-corrected chi connectivity index (χ3v) is 4.46. The first-order chi connectivity index (χ1) is 14.3. The number of rotatable bonds is 8. The van der Waals surface area contributed by atoms with Crippen molar-refractivity contribution in [2.75, 3.05) is 13.7 Å². The van der Waals surface area contributed by atoms with E-state index in [0.717, 1.165) is 5.56 Å². The van der Waals surface area contributed by atoms with E-state index in [1.807, 2.05) is 30.3 Å². The van der Waals surface area contributed by atoms with E-state index in [4.69, 9.17) is 15.2 Å². The lowest BCUT2D eigenvalue weighted by Crippen LogP contribution is -2.50. The van der Waals surface area contributed by atoms with E-state index in [1.165, 1.54) is 7.11 Å². The fourth-order valence-corrected chi connectivity index (χ4v) is 2.83. The molecule has 0 fully saturated rings. The van der Waals surface area contributed by atoms with Gasteiger partial charge in [-0.25, -0.2) is 4.79 Å². The summed E-state index contributed by atoms with van der Waals surface area (Å²) in [5, 5.41) is 11.2. The summed E-state index contributed by atoms with van der Waals surface area (Å²) in [5.74, 6) is -0.471. The summed E-state index contributed by atoms with van der Waals surface area (Å²) in [6, 6.07) is 12.3. The molecule has 2 aromatic heterocycles. The Morgan fingerprint density at radius 3 is 2.52 bits per heavy atom. The number of carbonyl (C=O) groups is 2. The molecule has 9 heteroatoms. The maximum atomic E-state index is 12.5. The number of nitrogens with one attached hydrogen (secondary N) is 1. The van der Waals surface area contributed by atoms with E-state index >= 15 is 0 Å². The number of benzene rings is 1. The summed E-state index contributed by atoms with van der Waals surface area (Å²) >= 11 is 0. The number of ether oxygens (including phenoxy) is 2. The van der Waals surface area contributed by atoms with Crippen molar-refractivity contribution in [3.63, 3.8) is 0 Å². The highest BCUT2D eigenvalue weighted by molar-refractivity contribution is 5.95. The van der Waals surface area contributed by atoms with E-state index in [1.54, 1.807) is 36.6 Å². The molecule has 9 nitrogen and oxygen atoms in total. The quantitative estimate of drug-likeness (QED) is 0.529. The molecule has 0 radical (unpaired) electrons. The highest BCUT2D eigenvalue weighted by Crippen LogP contribution is 2.18. The van der Waals surface area contributed by atoms with Gasteiger partial charge in [-0.05, 0) is 31.5 Å². The lowest BCUT2D eigenvalue weighted by Gasteiger charge is -2.23. The number of fused-ring (bicyclic) bond motifs is 1. The second kappa shape index (κ2) is 10.1. The van der Waals surface area contributed by atoms with Crippen LogP contribution in [0.3, 0.4) is 0 Å². The fourth-order valence-electron chi connectivity index (χ4n) is 2.83. The number of hydrogen-bond donors (Lipinski definition) is 2. The predicted molar refractivity (Wildman–Crippen MR) is 116 cm³/mol. The van der Waals surface area contributed by atoms with Crippen LogP contribution in [0.1, 0.15) is 49.1 Å². The van der Waals surface area contributed by atoms with E-state index in [-0.39, 0.29) is 25.5 Å². The van der Waals surface area contributed by atoms with Crippen LogP contribution < -0.4 is 11.1 Å². The number of carbonyl (C=O) groups excluding carboxylic acids is 2. The third-order valence-electron chi connectivity index (χ3n) is 4.46. The normalized spacial score (nSPS) is 12.1. The molecular weight excluding hydrogens is 398 g/mol. The minimum absolute atomic E-state index is 0. The Morgan fingerprint density at radius 1 is 1.16 bits per heavy atom. The van der Waals surface area contributed by atoms with Crippen molar-refractivity contribution in [3.8, 4) is 0 Å². The molecule has 3 N–H and O–H groups in total. The lowest BCUT2D eigenvalue weighted by atomic mass is 10.1. The monoisotopic (exact) mass is 427 g/mol. The van der Waals surface area contributed by atoms with Crippen LogP contribution in [0.4, 0.5) is 0 Å². The Morgan fingerprint density at radius 2 is 1.87 bits per heavy atom. The topological polar surface area (TPSA) is 121 Å². The van der Waals surface area contributed by atoms with Gasteiger partial charge in [0.2, 0.25) is 5.91 Å². The Kier molecular flexibility index (Phi) is 7.84. The number of methoxy groups -OCH3 is 1. The zero-order chi connectivity index (χ0) is 21.7. The van der Waals surface area contributed by atoms with Gasteiger partial charge >= 0.3 is 5.97 Å². The van der Waals surface area contributed by atoms with Crippen molar-refractivity contribution in [3.05, 3.63) is 65.6 Å². The maximum Gasteiger partial charge on any atom is 0.341 e. The molecule has 3 aromatic rings. The first-order valence-corrected chi connectivity index (χ1v) is 9.44. The molecule has 0 spiro atoms. The lowest BCUT2D eigenvalue weighted by molar-refractivity contribution is -0.126. The van der Waals surface area contributed by atoms with E-state index in [2.05, 4.69) is 15.5 Å². The molecule has 166 valence electrons. The molecule has 0 aliphatic heterocycles. The Bertz CT molecular complexity index is 1030. The first kappa shape index (κ1) is 24.0. The number of hydrogen-bond acceptors (Lipinski definition) is 7. The van der Waals surface area contributed by atoms with Gasteiger partial charge in [0.25, 0.3) is 0 Å². The fraction of sp³-hybridized carbons (Fsp3) is 0.364. The summed E-state index contributed by atoms with van der Waals surface area (Å²) in [6.07, 6.45) is 1.71. The Hall–Kier alpha value is -3.30. The van der Waals surface area contributed by atoms with E-state index in [0.29, 0.717) is 18.1 Å². The Balaban J connectivity index is 0.00000341. The van der Waals surface area contributed by atoms with Crippen LogP contribution in [-0.2, 0) is 20.9 Å². The first-order valence-electron chi connectivity index (χ1n) is 9.44. The van der Waals surface area contributed by atoms with Gasteiger partial charge in [-0.3, -0.25) is 9.20 Å². The second-order valence-electron chi connectivity index (χ2n) is 7.41. The van der Waals surface area contributed by atoms with Crippen molar-refractivity contribution in [1.29, 1.82) is 0 Å². The summed E-state index contributed by atoms with van der Waals surface area (Å²) in [4.78, 5) is 24.6. The standard InChI is InChI=1S/C21H25N5O4.CH4/c1-21(2,22)20(28)23-16(13-30-12-14-8-5-4-6-9-14)18-25-24-17-15(19(27)29-3)10-7-11-26(17)18;/h4-11,16H,12-13,22H2,1-3H3,(H,23,28);1H4/t16-;/m1./s1. The minimum Gasteiger partial charge on any atom is -0.465 e. The van der Waals surface area contributed by atoms with Crippen LogP contribution in [0.25, 0.3) is 5.65 Å². The highest BCUT2D eigenvalue weighted by atomic mass is 16.5. The van der Waals surface area contributed by atoms with Gasteiger partial charge in [0.1, 0.15) is 11.6 Å². The van der Waals surface area contributed by atoms with Gasteiger partial charge in [0, 0.05) is 6.20 Å². The molecular formula is C22H29N5O4. The molecule has 0 saturated heterocycles. The van der Waals surface area contributed by atoms with Crippen LogP contribution >= 0.6 is 0 Å². The predicted octanol–water partition coefficient (Wildman–Crippen LogP) is 2.26. The van der Waals surface area contributed by atoms with Gasteiger partial charge in [-0.15, -0.1) is 10.2 Å². The molecule has 0 aliphatic carbocycles. The molecule has 1 amide bonds. The smallest absolute Gasteiger partial charge is 0.341 e. The van der Waals surface area contributed by atoms with Gasteiger partial charge in [-0.2, -0.15) is 0 Å². The third kappa shape index (κ3) is 5.65. The van der Waals surface area contributed by atoms with Crippen LogP contribution in [0, 0.1) is 0 Å².